The second kappa shape index (κ2) is 5.86. The van der Waals surface area contributed by atoms with Gasteiger partial charge in [0.25, 0.3) is 0 Å². The third-order valence-electron chi connectivity index (χ3n) is 2.51. The van der Waals surface area contributed by atoms with Crippen LogP contribution < -0.4 is 5.73 Å². The molecule has 2 atom stereocenters. The van der Waals surface area contributed by atoms with Crippen LogP contribution >= 0.6 is 0 Å². The molecule has 0 aromatic heterocycles. The number of carbonyl (C=O) groups excluding carboxylic acids is 1. The summed E-state index contributed by atoms with van der Waals surface area (Å²) >= 11 is 0. The van der Waals surface area contributed by atoms with Crippen molar-refractivity contribution in [3.8, 4) is 0 Å². The van der Waals surface area contributed by atoms with E-state index in [9.17, 15) is 4.79 Å². The molecule has 0 aliphatic heterocycles. The summed E-state index contributed by atoms with van der Waals surface area (Å²) in [6.07, 6.45) is 4.44. The highest BCUT2D eigenvalue weighted by Gasteiger charge is 2.24. The van der Waals surface area contributed by atoms with Crippen LogP contribution in [0.25, 0.3) is 0 Å². The maximum atomic E-state index is 11.1. The van der Waals surface area contributed by atoms with Gasteiger partial charge in [-0.25, -0.2) is 4.79 Å². The fourth-order valence-corrected chi connectivity index (χ4v) is 1.72. The van der Waals surface area contributed by atoms with Gasteiger partial charge in [0.05, 0.1) is 6.61 Å². The molecule has 0 amide bonds. The Labute approximate surface area is 84.7 Å². The monoisotopic (exact) mass is 201 g/mol. The summed E-state index contributed by atoms with van der Waals surface area (Å²) in [4.78, 5) is 11.1. The molecule has 2 unspecified atom stereocenters. The van der Waals surface area contributed by atoms with Crippen molar-refractivity contribution in [1.29, 1.82) is 0 Å². The molecule has 4 heteroatoms. The lowest BCUT2D eigenvalue weighted by atomic mass is 10.1. The van der Waals surface area contributed by atoms with E-state index in [0.717, 1.165) is 25.7 Å². The smallest absolute Gasteiger partial charge is 0.435 e. The van der Waals surface area contributed by atoms with Crippen molar-refractivity contribution >= 4 is 6.16 Å². The highest BCUT2D eigenvalue weighted by molar-refractivity contribution is 5.60. The molecule has 1 aliphatic carbocycles. The minimum Gasteiger partial charge on any atom is -0.435 e. The molecule has 0 aromatic carbocycles. The van der Waals surface area contributed by atoms with Gasteiger partial charge in [0.1, 0.15) is 6.10 Å². The zero-order valence-electron chi connectivity index (χ0n) is 8.70. The Bertz CT molecular complexity index is 184. The number of ether oxygens (including phenoxy) is 2. The third-order valence-corrected chi connectivity index (χ3v) is 2.51. The number of carbonyl (C=O) groups is 1. The van der Waals surface area contributed by atoms with Crippen LogP contribution in [0.4, 0.5) is 4.79 Å². The van der Waals surface area contributed by atoms with Crippen molar-refractivity contribution in [2.45, 2.75) is 51.2 Å². The summed E-state index contributed by atoms with van der Waals surface area (Å²) in [6.45, 7) is 2.11. The van der Waals surface area contributed by atoms with Gasteiger partial charge in [-0.3, -0.25) is 0 Å². The number of nitrogens with two attached hydrogens (primary N) is 1. The summed E-state index contributed by atoms with van der Waals surface area (Å²) in [5.74, 6) is 0. The third kappa shape index (κ3) is 3.54. The molecule has 0 aromatic rings. The van der Waals surface area contributed by atoms with E-state index >= 15 is 0 Å². The lowest BCUT2D eigenvalue weighted by Crippen LogP contribution is -2.37. The molecule has 14 heavy (non-hydrogen) atoms. The molecule has 0 spiro atoms. The molecule has 0 heterocycles. The molecule has 1 aliphatic rings. The molecule has 0 radical (unpaired) electrons. The van der Waals surface area contributed by atoms with Gasteiger partial charge >= 0.3 is 6.16 Å². The van der Waals surface area contributed by atoms with E-state index in [2.05, 4.69) is 0 Å². The minimum absolute atomic E-state index is 0.0260. The zero-order chi connectivity index (χ0) is 10.4. The van der Waals surface area contributed by atoms with Gasteiger partial charge in [-0.05, 0) is 26.2 Å². The molecule has 1 fully saturated rings. The van der Waals surface area contributed by atoms with Gasteiger partial charge in [0, 0.05) is 6.04 Å². The topological polar surface area (TPSA) is 61.5 Å². The second-order valence-corrected chi connectivity index (χ2v) is 3.64. The largest absolute Gasteiger partial charge is 0.508 e. The summed E-state index contributed by atoms with van der Waals surface area (Å²) < 4.78 is 9.85. The van der Waals surface area contributed by atoms with Crippen LogP contribution in [0, 0.1) is 0 Å². The van der Waals surface area contributed by atoms with Crippen molar-refractivity contribution in [3.63, 3.8) is 0 Å². The van der Waals surface area contributed by atoms with Gasteiger partial charge in [-0.15, -0.1) is 0 Å². The number of hydrogen-bond donors (Lipinski definition) is 1. The van der Waals surface area contributed by atoms with Gasteiger partial charge in [-0.1, -0.05) is 12.8 Å². The average Bonchev–Trinajstić information content (AvgIpc) is 2.33. The van der Waals surface area contributed by atoms with Gasteiger partial charge < -0.3 is 15.2 Å². The normalized spacial score (nSPS) is 27.9. The quantitative estimate of drug-likeness (QED) is 0.547. The molecule has 1 rings (SSSR count). The zero-order valence-corrected chi connectivity index (χ0v) is 8.70. The average molecular weight is 201 g/mol. The molecule has 0 bridgehead atoms. The number of rotatable bonds is 2. The SMILES string of the molecule is CCOC(=O)OC1CCCCCC1N. The standard InChI is InChI=1S/C10H19NO3/c1-2-13-10(12)14-9-7-5-3-4-6-8(9)11/h8-9H,2-7,11H2,1H3. The van der Waals surface area contributed by atoms with Gasteiger partial charge in [-0.2, -0.15) is 0 Å². The first-order valence-electron chi connectivity index (χ1n) is 5.33. The van der Waals surface area contributed by atoms with E-state index in [4.69, 9.17) is 15.2 Å². The van der Waals surface area contributed by atoms with E-state index in [-0.39, 0.29) is 12.1 Å². The summed E-state index contributed by atoms with van der Waals surface area (Å²) in [6, 6.07) is -0.0260. The predicted octanol–water partition coefficient (Wildman–Crippen LogP) is 1.82. The van der Waals surface area contributed by atoms with Crippen molar-refractivity contribution in [2.75, 3.05) is 6.61 Å². The van der Waals surface area contributed by atoms with Crippen LogP contribution in [0.2, 0.25) is 0 Å². The van der Waals surface area contributed by atoms with Crippen molar-refractivity contribution in [3.05, 3.63) is 0 Å². The van der Waals surface area contributed by atoms with Crippen LogP contribution in [-0.4, -0.2) is 24.9 Å². The van der Waals surface area contributed by atoms with E-state index in [0.29, 0.717) is 6.61 Å². The summed E-state index contributed by atoms with van der Waals surface area (Å²) in [5, 5.41) is 0. The number of hydrogen-bond acceptors (Lipinski definition) is 4. The van der Waals surface area contributed by atoms with Crippen LogP contribution in [-0.2, 0) is 9.47 Å². The Morgan fingerprint density at radius 1 is 1.36 bits per heavy atom. The lowest BCUT2D eigenvalue weighted by molar-refractivity contribution is 0.0151. The first-order valence-corrected chi connectivity index (χ1v) is 5.33. The molecule has 0 saturated heterocycles. The van der Waals surface area contributed by atoms with E-state index in [1.54, 1.807) is 6.92 Å². The highest BCUT2D eigenvalue weighted by atomic mass is 16.7. The first kappa shape index (κ1) is 11.3. The maximum absolute atomic E-state index is 11.1. The lowest BCUT2D eigenvalue weighted by Gasteiger charge is -2.20. The van der Waals surface area contributed by atoms with Gasteiger partial charge in [0.2, 0.25) is 0 Å². The molecule has 2 N–H and O–H groups in total. The Hall–Kier alpha value is -0.770. The summed E-state index contributed by atoms with van der Waals surface area (Å²) in [5.41, 5.74) is 5.89. The second-order valence-electron chi connectivity index (χ2n) is 3.64. The molecule has 4 nitrogen and oxygen atoms in total. The van der Waals surface area contributed by atoms with Crippen LogP contribution in [0.3, 0.4) is 0 Å². The van der Waals surface area contributed by atoms with E-state index in [1.807, 2.05) is 0 Å². The maximum Gasteiger partial charge on any atom is 0.508 e. The van der Waals surface area contributed by atoms with Crippen molar-refractivity contribution < 1.29 is 14.3 Å². The highest BCUT2D eigenvalue weighted by Crippen LogP contribution is 2.19. The van der Waals surface area contributed by atoms with Crippen LogP contribution in [0.5, 0.6) is 0 Å². The Balaban J connectivity index is 2.36. The Morgan fingerprint density at radius 2 is 2.07 bits per heavy atom. The molecular weight excluding hydrogens is 182 g/mol. The Kier molecular flexibility index (Phi) is 4.73. The van der Waals surface area contributed by atoms with E-state index < -0.39 is 6.16 Å². The molecule has 1 saturated carbocycles. The molecule has 82 valence electrons. The van der Waals surface area contributed by atoms with Crippen molar-refractivity contribution in [2.24, 2.45) is 5.73 Å². The minimum atomic E-state index is -0.588. The summed E-state index contributed by atoms with van der Waals surface area (Å²) in [7, 11) is 0. The van der Waals surface area contributed by atoms with Gasteiger partial charge in [0.15, 0.2) is 0 Å². The Morgan fingerprint density at radius 3 is 2.79 bits per heavy atom. The fraction of sp³-hybridized carbons (Fsp3) is 0.900. The molecular formula is C10H19NO3. The van der Waals surface area contributed by atoms with E-state index in [1.165, 1.54) is 6.42 Å². The predicted molar refractivity (Wildman–Crippen MR) is 53.0 cm³/mol. The first-order chi connectivity index (χ1) is 6.74. The fourth-order valence-electron chi connectivity index (χ4n) is 1.72. The van der Waals surface area contributed by atoms with Crippen LogP contribution in [0.1, 0.15) is 39.0 Å². The van der Waals surface area contributed by atoms with Crippen molar-refractivity contribution in [1.82, 2.24) is 0 Å². The van der Waals surface area contributed by atoms with Crippen LogP contribution in [0.15, 0.2) is 0 Å².